The maximum atomic E-state index is 11.5. The Kier molecular flexibility index (Phi) is 3.35. The molecule has 0 amide bonds. The molecule has 0 saturated carbocycles. The molecule has 0 bridgehead atoms. The predicted molar refractivity (Wildman–Crippen MR) is 83.8 cm³/mol. The highest BCUT2D eigenvalue weighted by Gasteiger charge is 2.10. The SMILES string of the molecule is O=C(O)/C(=C\c1cc2ccccc2s1)c1ccccc1. The zero-order chi connectivity index (χ0) is 13.9. The fraction of sp³-hybridized carbons (Fsp3) is 0. The first-order valence-electron chi connectivity index (χ1n) is 6.23. The van der Waals surface area contributed by atoms with Gasteiger partial charge >= 0.3 is 5.97 Å². The Balaban J connectivity index is 2.09. The molecule has 0 radical (unpaired) electrons. The minimum atomic E-state index is -0.909. The Morgan fingerprint density at radius 1 is 1.00 bits per heavy atom. The molecule has 0 aliphatic carbocycles. The number of carboxylic acids is 1. The van der Waals surface area contributed by atoms with Crippen molar-refractivity contribution in [3.05, 3.63) is 71.1 Å². The van der Waals surface area contributed by atoms with Crippen LogP contribution in [0.1, 0.15) is 10.4 Å². The molecule has 3 rings (SSSR count). The Morgan fingerprint density at radius 3 is 2.40 bits per heavy atom. The fourth-order valence-electron chi connectivity index (χ4n) is 2.10. The van der Waals surface area contributed by atoms with Gasteiger partial charge in [0.25, 0.3) is 0 Å². The molecule has 0 unspecified atom stereocenters. The van der Waals surface area contributed by atoms with Gasteiger partial charge in [0.2, 0.25) is 0 Å². The van der Waals surface area contributed by atoms with E-state index in [0.717, 1.165) is 20.5 Å². The summed E-state index contributed by atoms with van der Waals surface area (Å²) in [5, 5.41) is 10.5. The Bertz CT molecular complexity index is 752. The van der Waals surface area contributed by atoms with Crippen molar-refractivity contribution in [3.63, 3.8) is 0 Å². The fourth-order valence-corrected chi connectivity index (χ4v) is 3.11. The highest BCUT2D eigenvalue weighted by molar-refractivity contribution is 7.19. The molecular formula is C17H12O2S. The second kappa shape index (κ2) is 5.31. The van der Waals surface area contributed by atoms with E-state index in [4.69, 9.17) is 0 Å². The average Bonchev–Trinajstić information content (AvgIpc) is 2.88. The van der Waals surface area contributed by atoms with Crippen LogP contribution in [0.5, 0.6) is 0 Å². The third kappa shape index (κ3) is 2.49. The molecule has 0 fully saturated rings. The van der Waals surface area contributed by atoms with Crippen molar-refractivity contribution < 1.29 is 9.90 Å². The topological polar surface area (TPSA) is 37.3 Å². The molecule has 0 aliphatic heterocycles. The zero-order valence-corrected chi connectivity index (χ0v) is 11.4. The monoisotopic (exact) mass is 280 g/mol. The first kappa shape index (κ1) is 12.6. The highest BCUT2D eigenvalue weighted by atomic mass is 32.1. The van der Waals surface area contributed by atoms with E-state index in [2.05, 4.69) is 0 Å². The summed E-state index contributed by atoms with van der Waals surface area (Å²) in [6, 6.07) is 19.3. The van der Waals surface area contributed by atoms with E-state index in [-0.39, 0.29) is 0 Å². The van der Waals surface area contributed by atoms with Gasteiger partial charge in [-0.15, -0.1) is 11.3 Å². The summed E-state index contributed by atoms with van der Waals surface area (Å²) in [7, 11) is 0. The number of carbonyl (C=O) groups is 1. The predicted octanol–water partition coefficient (Wildman–Crippen LogP) is 4.53. The summed E-state index contributed by atoms with van der Waals surface area (Å²) in [6.45, 7) is 0. The van der Waals surface area contributed by atoms with E-state index < -0.39 is 5.97 Å². The molecule has 0 aliphatic rings. The van der Waals surface area contributed by atoms with Crippen LogP contribution in [0, 0.1) is 0 Å². The lowest BCUT2D eigenvalue weighted by Crippen LogP contribution is -1.98. The summed E-state index contributed by atoms with van der Waals surface area (Å²) in [6.07, 6.45) is 1.74. The van der Waals surface area contributed by atoms with Crippen LogP contribution in [0.15, 0.2) is 60.7 Å². The molecule has 0 atom stereocenters. The van der Waals surface area contributed by atoms with E-state index in [1.807, 2.05) is 60.7 Å². The molecule has 1 heterocycles. The molecular weight excluding hydrogens is 268 g/mol. The van der Waals surface area contributed by atoms with Gasteiger partial charge in [-0.2, -0.15) is 0 Å². The summed E-state index contributed by atoms with van der Waals surface area (Å²) >= 11 is 1.60. The Morgan fingerprint density at radius 2 is 1.70 bits per heavy atom. The van der Waals surface area contributed by atoms with Gasteiger partial charge in [0, 0.05) is 9.58 Å². The van der Waals surface area contributed by atoms with Crippen LogP contribution in [0.4, 0.5) is 0 Å². The standard InChI is InChI=1S/C17H12O2S/c18-17(19)15(12-6-2-1-3-7-12)11-14-10-13-8-4-5-9-16(13)20-14/h1-11H,(H,18,19)/b15-11-. The molecule has 2 nitrogen and oxygen atoms in total. The van der Waals surface area contributed by atoms with E-state index in [1.165, 1.54) is 0 Å². The lowest BCUT2D eigenvalue weighted by molar-refractivity contribution is -0.130. The van der Waals surface area contributed by atoms with Crippen LogP contribution in [0.25, 0.3) is 21.7 Å². The number of fused-ring (bicyclic) bond motifs is 1. The van der Waals surface area contributed by atoms with Crippen LogP contribution in [0.2, 0.25) is 0 Å². The van der Waals surface area contributed by atoms with Crippen molar-refractivity contribution in [3.8, 4) is 0 Å². The van der Waals surface area contributed by atoms with Gasteiger partial charge in [-0.3, -0.25) is 0 Å². The van der Waals surface area contributed by atoms with Crippen molar-refractivity contribution in [1.82, 2.24) is 0 Å². The quantitative estimate of drug-likeness (QED) is 0.716. The molecule has 1 aromatic heterocycles. The smallest absolute Gasteiger partial charge is 0.336 e. The molecule has 0 spiro atoms. The Hall–Kier alpha value is -2.39. The molecule has 98 valence electrons. The van der Waals surface area contributed by atoms with Crippen molar-refractivity contribution in [2.75, 3.05) is 0 Å². The number of carboxylic acid groups (broad SMARTS) is 1. The normalized spacial score (nSPS) is 11.7. The second-order valence-corrected chi connectivity index (χ2v) is 5.53. The van der Waals surface area contributed by atoms with Gasteiger partial charge in [-0.25, -0.2) is 4.79 Å². The molecule has 2 aromatic carbocycles. The lowest BCUT2D eigenvalue weighted by Gasteiger charge is -2.01. The minimum Gasteiger partial charge on any atom is -0.478 e. The van der Waals surface area contributed by atoms with Crippen LogP contribution in [-0.2, 0) is 4.79 Å². The Labute approximate surface area is 120 Å². The van der Waals surface area contributed by atoms with Gasteiger partial charge < -0.3 is 5.11 Å². The molecule has 3 aromatic rings. The van der Waals surface area contributed by atoms with Crippen molar-refractivity contribution >= 4 is 39.0 Å². The maximum absolute atomic E-state index is 11.5. The second-order valence-electron chi connectivity index (χ2n) is 4.42. The van der Waals surface area contributed by atoms with Gasteiger partial charge in [-0.1, -0.05) is 48.5 Å². The summed E-state index contributed by atoms with van der Waals surface area (Å²) in [5.74, 6) is -0.909. The average molecular weight is 280 g/mol. The van der Waals surface area contributed by atoms with Crippen molar-refractivity contribution in [2.24, 2.45) is 0 Å². The summed E-state index contributed by atoms with van der Waals surface area (Å²) in [5.41, 5.74) is 1.04. The first-order valence-corrected chi connectivity index (χ1v) is 7.05. The van der Waals surface area contributed by atoms with E-state index >= 15 is 0 Å². The van der Waals surface area contributed by atoms with Crippen LogP contribution >= 0.6 is 11.3 Å². The van der Waals surface area contributed by atoms with Crippen molar-refractivity contribution in [2.45, 2.75) is 0 Å². The number of rotatable bonds is 3. The molecule has 3 heteroatoms. The summed E-state index contributed by atoms with van der Waals surface area (Å²) in [4.78, 5) is 12.4. The highest BCUT2D eigenvalue weighted by Crippen LogP contribution is 2.28. The van der Waals surface area contributed by atoms with Gasteiger partial charge in [0.15, 0.2) is 0 Å². The number of aliphatic carboxylic acids is 1. The van der Waals surface area contributed by atoms with Crippen LogP contribution < -0.4 is 0 Å². The molecule has 1 N–H and O–H groups in total. The van der Waals surface area contributed by atoms with E-state index in [0.29, 0.717) is 5.57 Å². The van der Waals surface area contributed by atoms with Gasteiger partial charge in [0.1, 0.15) is 0 Å². The number of benzene rings is 2. The molecule has 20 heavy (non-hydrogen) atoms. The van der Waals surface area contributed by atoms with E-state index in [9.17, 15) is 9.90 Å². The van der Waals surface area contributed by atoms with E-state index in [1.54, 1.807) is 17.4 Å². The van der Waals surface area contributed by atoms with Crippen LogP contribution in [0.3, 0.4) is 0 Å². The maximum Gasteiger partial charge on any atom is 0.336 e. The third-order valence-corrected chi connectivity index (χ3v) is 4.11. The number of hydrogen-bond donors (Lipinski definition) is 1. The van der Waals surface area contributed by atoms with Gasteiger partial charge in [-0.05, 0) is 29.2 Å². The number of hydrogen-bond acceptors (Lipinski definition) is 2. The van der Waals surface area contributed by atoms with Crippen molar-refractivity contribution in [1.29, 1.82) is 0 Å². The largest absolute Gasteiger partial charge is 0.478 e. The number of thiophene rings is 1. The lowest BCUT2D eigenvalue weighted by atomic mass is 10.1. The summed E-state index contributed by atoms with van der Waals surface area (Å²) < 4.78 is 1.16. The first-order chi connectivity index (χ1) is 9.74. The molecule has 0 saturated heterocycles. The zero-order valence-electron chi connectivity index (χ0n) is 10.6. The van der Waals surface area contributed by atoms with Gasteiger partial charge in [0.05, 0.1) is 5.57 Å². The minimum absolute atomic E-state index is 0.317. The van der Waals surface area contributed by atoms with Crippen LogP contribution in [-0.4, -0.2) is 11.1 Å². The third-order valence-electron chi connectivity index (χ3n) is 3.05.